The molecular weight excluding hydrogens is 274 g/mol. The van der Waals surface area contributed by atoms with Crippen molar-refractivity contribution in [1.82, 2.24) is 0 Å². The fraction of sp³-hybridized carbons (Fsp3) is 0.105. The van der Waals surface area contributed by atoms with E-state index < -0.39 is 0 Å². The van der Waals surface area contributed by atoms with Gasteiger partial charge in [-0.05, 0) is 22.4 Å². The molecular formula is C19H17NO2. The van der Waals surface area contributed by atoms with Crippen molar-refractivity contribution in [2.24, 2.45) is 0 Å². The zero-order valence-electron chi connectivity index (χ0n) is 12.4. The van der Waals surface area contributed by atoms with Gasteiger partial charge in [0, 0.05) is 0 Å². The molecule has 22 heavy (non-hydrogen) atoms. The van der Waals surface area contributed by atoms with E-state index in [1.807, 2.05) is 66.7 Å². The molecule has 0 aliphatic heterocycles. The van der Waals surface area contributed by atoms with Crippen LogP contribution in [0.25, 0.3) is 10.8 Å². The average Bonchev–Trinajstić information content (AvgIpc) is 2.54. The highest BCUT2D eigenvalue weighted by Crippen LogP contribution is 2.27. The van der Waals surface area contributed by atoms with Crippen LogP contribution in [0, 0.1) is 5.21 Å². The SMILES string of the molecule is C[N+]([O-])=Cc1c(OCc2ccccc2)ccc2ccccc12. The number of hydrogen-bond acceptors (Lipinski definition) is 2. The highest BCUT2D eigenvalue weighted by atomic mass is 16.5. The van der Waals surface area contributed by atoms with Gasteiger partial charge < -0.3 is 9.94 Å². The van der Waals surface area contributed by atoms with Crippen LogP contribution in [0.1, 0.15) is 11.1 Å². The third-order valence-electron chi connectivity index (χ3n) is 3.48. The highest BCUT2D eigenvalue weighted by Gasteiger charge is 2.10. The normalized spacial score (nSPS) is 11.6. The average molecular weight is 291 g/mol. The van der Waals surface area contributed by atoms with E-state index in [4.69, 9.17) is 4.74 Å². The van der Waals surface area contributed by atoms with Gasteiger partial charge in [0.2, 0.25) is 0 Å². The van der Waals surface area contributed by atoms with E-state index in [0.717, 1.165) is 26.6 Å². The smallest absolute Gasteiger partial charge is 0.185 e. The van der Waals surface area contributed by atoms with Gasteiger partial charge in [0.15, 0.2) is 6.21 Å². The molecule has 0 aliphatic carbocycles. The summed E-state index contributed by atoms with van der Waals surface area (Å²) in [7, 11) is 1.47. The van der Waals surface area contributed by atoms with E-state index in [1.54, 1.807) is 6.21 Å². The Hall–Kier alpha value is -2.81. The second-order valence-electron chi connectivity index (χ2n) is 5.15. The maximum absolute atomic E-state index is 11.5. The third kappa shape index (κ3) is 3.09. The van der Waals surface area contributed by atoms with Crippen LogP contribution in [0.15, 0.2) is 66.7 Å². The van der Waals surface area contributed by atoms with Gasteiger partial charge in [-0.25, -0.2) is 4.74 Å². The summed E-state index contributed by atoms with van der Waals surface area (Å²) < 4.78 is 6.74. The molecule has 0 N–H and O–H groups in total. The van der Waals surface area contributed by atoms with Crippen LogP contribution in [0.3, 0.4) is 0 Å². The van der Waals surface area contributed by atoms with Crippen LogP contribution in [-0.4, -0.2) is 18.0 Å². The van der Waals surface area contributed by atoms with Crippen molar-refractivity contribution in [2.75, 3.05) is 7.05 Å². The van der Waals surface area contributed by atoms with E-state index in [2.05, 4.69) is 0 Å². The summed E-state index contributed by atoms with van der Waals surface area (Å²) in [6.45, 7) is 0.475. The van der Waals surface area contributed by atoms with Crippen LogP contribution in [-0.2, 0) is 6.61 Å². The zero-order valence-corrected chi connectivity index (χ0v) is 12.4. The molecule has 0 atom stereocenters. The molecule has 3 rings (SSSR count). The minimum atomic E-state index is 0.475. The van der Waals surface area contributed by atoms with Gasteiger partial charge in [0.1, 0.15) is 19.4 Å². The molecule has 3 heteroatoms. The van der Waals surface area contributed by atoms with Crippen LogP contribution < -0.4 is 4.74 Å². The number of rotatable bonds is 4. The van der Waals surface area contributed by atoms with Crippen LogP contribution in [0.2, 0.25) is 0 Å². The van der Waals surface area contributed by atoms with Crippen molar-refractivity contribution in [2.45, 2.75) is 6.61 Å². The van der Waals surface area contributed by atoms with Gasteiger partial charge in [-0.15, -0.1) is 0 Å². The number of hydrogen-bond donors (Lipinski definition) is 0. The molecule has 0 bridgehead atoms. The summed E-state index contributed by atoms with van der Waals surface area (Å²) >= 11 is 0. The summed E-state index contributed by atoms with van der Waals surface area (Å²) in [5.74, 6) is 0.713. The zero-order chi connectivity index (χ0) is 15.4. The highest BCUT2D eigenvalue weighted by molar-refractivity contribution is 6.01. The van der Waals surface area contributed by atoms with Gasteiger partial charge in [0.25, 0.3) is 0 Å². The van der Waals surface area contributed by atoms with Crippen molar-refractivity contribution < 1.29 is 9.48 Å². The first-order valence-electron chi connectivity index (χ1n) is 7.17. The summed E-state index contributed by atoms with van der Waals surface area (Å²) in [6.07, 6.45) is 1.56. The van der Waals surface area contributed by atoms with Gasteiger partial charge >= 0.3 is 0 Å². The first-order valence-corrected chi connectivity index (χ1v) is 7.17. The molecule has 0 amide bonds. The minimum Gasteiger partial charge on any atom is -0.624 e. The monoisotopic (exact) mass is 291 g/mol. The van der Waals surface area contributed by atoms with Crippen LogP contribution >= 0.6 is 0 Å². The maximum atomic E-state index is 11.5. The topological polar surface area (TPSA) is 35.3 Å². The van der Waals surface area contributed by atoms with E-state index in [1.165, 1.54) is 7.05 Å². The maximum Gasteiger partial charge on any atom is 0.185 e. The largest absolute Gasteiger partial charge is 0.624 e. The summed E-state index contributed by atoms with van der Waals surface area (Å²) in [5.41, 5.74) is 1.91. The molecule has 0 fully saturated rings. The molecule has 3 aromatic carbocycles. The Labute approximate surface area is 129 Å². The van der Waals surface area contributed by atoms with Gasteiger partial charge in [-0.1, -0.05) is 60.7 Å². The van der Waals surface area contributed by atoms with Crippen molar-refractivity contribution in [3.63, 3.8) is 0 Å². The Morgan fingerprint density at radius 1 is 0.955 bits per heavy atom. The van der Waals surface area contributed by atoms with Crippen LogP contribution in [0.5, 0.6) is 5.75 Å². The Morgan fingerprint density at radius 2 is 1.68 bits per heavy atom. The van der Waals surface area contributed by atoms with E-state index in [-0.39, 0.29) is 0 Å². The molecule has 0 aromatic heterocycles. The van der Waals surface area contributed by atoms with E-state index in [9.17, 15) is 5.21 Å². The molecule has 0 heterocycles. The fourth-order valence-electron chi connectivity index (χ4n) is 2.45. The molecule has 110 valence electrons. The number of benzene rings is 3. The minimum absolute atomic E-state index is 0.475. The van der Waals surface area contributed by atoms with E-state index in [0.29, 0.717) is 12.4 Å². The standard InChI is InChI=1S/C19H17NO2/c1-20(21)13-18-17-10-6-5-9-16(17)11-12-19(18)22-14-15-7-3-2-4-8-15/h2-13H,14H2,1H3. The fourth-order valence-corrected chi connectivity index (χ4v) is 2.45. The lowest BCUT2D eigenvalue weighted by atomic mass is 10.0. The lowest BCUT2D eigenvalue weighted by Crippen LogP contribution is -2.03. The molecule has 0 aliphatic rings. The van der Waals surface area contributed by atoms with Gasteiger partial charge in [0.05, 0.1) is 5.56 Å². The molecule has 0 saturated carbocycles. The number of ether oxygens (including phenoxy) is 1. The molecule has 0 unspecified atom stereocenters. The lowest BCUT2D eigenvalue weighted by Gasteiger charge is -2.11. The van der Waals surface area contributed by atoms with Crippen molar-refractivity contribution in [3.8, 4) is 5.75 Å². The third-order valence-corrected chi connectivity index (χ3v) is 3.48. The Bertz CT molecular complexity index is 806. The lowest BCUT2D eigenvalue weighted by molar-refractivity contribution is -0.416. The van der Waals surface area contributed by atoms with Gasteiger partial charge in [-0.2, -0.15) is 0 Å². The Kier molecular flexibility index (Phi) is 4.05. The molecule has 0 radical (unpaired) electrons. The molecule has 0 spiro atoms. The Morgan fingerprint density at radius 3 is 2.45 bits per heavy atom. The number of hydroxylamine groups is 1. The summed E-state index contributed by atoms with van der Waals surface area (Å²) in [5, 5.41) is 13.6. The van der Waals surface area contributed by atoms with Crippen LogP contribution in [0.4, 0.5) is 0 Å². The van der Waals surface area contributed by atoms with Crippen molar-refractivity contribution in [1.29, 1.82) is 0 Å². The van der Waals surface area contributed by atoms with Crippen molar-refractivity contribution in [3.05, 3.63) is 83.1 Å². The number of fused-ring (bicyclic) bond motifs is 1. The van der Waals surface area contributed by atoms with Gasteiger partial charge in [-0.3, -0.25) is 0 Å². The van der Waals surface area contributed by atoms with E-state index >= 15 is 0 Å². The molecule has 3 nitrogen and oxygen atoms in total. The summed E-state index contributed by atoms with van der Waals surface area (Å²) in [6, 6.07) is 21.9. The predicted molar refractivity (Wildman–Crippen MR) is 89.4 cm³/mol. The molecule has 0 saturated heterocycles. The first-order chi connectivity index (χ1) is 10.7. The first kappa shape index (κ1) is 14.1. The summed E-state index contributed by atoms with van der Waals surface area (Å²) in [4.78, 5) is 0. The van der Waals surface area contributed by atoms with Crippen molar-refractivity contribution >= 4 is 17.0 Å². The number of nitrogens with zero attached hydrogens (tertiary/aromatic N) is 1. The molecule has 3 aromatic rings. The second kappa shape index (κ2) is 6.31. The quantitative estimate of drug-likeness (QED) is 0.315. The Balaban J connectivity index is 1.99. The predicted octanol–water partition coefficient (Wildman–Crippen LogP) is 3.98. The second-order valence-corrected chi connectivity index (χ2v) is 5.15.